The zero-order valence-electron chi connectivity index (χ0n) is 12.0. The minimum Gasteiger partial charge on any atom is -0.384 e. The molecule has 0 aliphatic carbocycles. The first-order chi connectivity index (χ1) is 9.89. The fourth-order valence-corrected chi connectivity index (χ4v) is 2.70. The van der Waals surface area contributed by atoms with Crippen LogP contribution in [0, 0.1) is 0 Å². The van der Waals surface area contributed by atoms with Crippen molar-refractivity contribution in [3.05, 3.63) is 29.3 Å². The molecule has 2 aliphatic rings. The zero-order valence-corrected chi connectivity index (χ0v) is 12.0. The maximum Gasteiger partial charge on any atom is 0.255 e. The standard InChI is InChI=1S/C15H17N3O3/c1-15(2)14(21)17-12(19)8-18(15)13(20)10-3-4-11-9(7-10)5-6-16-11/h3-4,7,16H,5-6,8H2,1-2H3,(H,17,19,21). The average Bonchev–Trinajstić information content (AvgIpc) is 2.89. The Hall–Kier alpha value is -2.37. The zero-order chi connectivity index (χ0) is 15.2. The van der Waals surface area contributed by atoms with Crippen LogP contribution in [0.4, 0.5) is 5.69 Å². The first kappa shape index (κ1) is 13.6. The average molecular weight is 287 g/mol. The van der Waals surface area contributed by atoms with Gasteiger partial charge in [0.25, 0.3) is 11.8 Å². The van der Waals surface area contributed by atoms with Gasteiger partial charge in [0.2, 0.25) is 5.91 Å². The van der Waals surface area contributed by atoms with Gasteiger partial charge in [0, 0.05) is 17.8 Å². The molecule has 0 spiro atoms. The van der Waals surface area contributed by atoms with Crippen LogP contribution in [0.5, 0.6) is 0 Å². The van der Waals surface area contributed by atoms with Crippen LogP contribution in [-0.2, 0) is 16.0 Å². The lowest BCUT2D eigenvalue weighted by molar-refractivity contribution is -0.143. The van der Waals surface area contributed by atoms with Gasteiger partial charge in [0.15, 0.2) is 0 Å². The number of piperazine rings is 1. The lowest BCUT2D eigenvalue weighted by Gasteiger charge is -2.40. The maximum atomic E-state index is 12.7. The van der Waals surface area contributed by atoms with E-state index in [0.717, 1.165) is 24.2 Å². The lowest BCUT2D eigenvalue weighted by Crippen LogP contribution is -2.65. The Kier molecular flexibility index (Phi) is 2.97. The molecule has 6 nitrogen and oxygen atoms in total. The van der Waals surface area contributed by atoms with Gasteiger partial charge in [-0.1, -0.05) is 0 Å². The van der Waals surface area contributed by atoms with Crippen LogP contribution in [-0.4, -0.2) is 41.2 Å². The van der Waals surface area contributed by atoms with Crippen molar-refractivity contribution in [2.24, 2.45) is 0 Å². The number of rotatable bonds is 1. The summed E-state index contributed by atoms with van der Waals surface area (Å²) in [5.41, 5.74) is 1.60. The van der Waals surface area contributed by atoms with E-state index in [9.17, 15) is 14.4 Å². The highest BCUT2D eigenvalue weighted by atomic mass is 16.2. The molecule has 2 heterocycles. The molecule has 2 N–H and O–H groups in total. The highest BCUT2D eigenvalue weighted by molar-refractivity contribution is 6.09. The number of imide groups is 1. The fraction of sp³-hybridized carbons (Fsp3) is 0.400. The fourth-order valence-electron chi connectivity index (χ4n) is 2.70. The van der Waals surface area contributed by atoms with Crippen LogP contribution in [0.25, 0.3) is 0 Å². The first-order valence-corrected chi connectivity index (χ1v) is 6.92. The van der Waals surface area contributed by atoms with Crippen molar-refractivity contribution >= 4 is 23.4 Å². The topological polar surface area (TPSA) is 78.5 Å². The van der Waals surface area contributed by atoms with E-state index < -0.39 is 17.4 Å². The molecule has 110 valence electrons. The van der Waals surface area contributed by atoms with Gasteiger partial charge in [-0.25, -0.2) is 0 Å². The number of hydrogen-bond acceptors (Lipinski definition) is 4. The molecule has 2 aliphatic heterocycles. The Morgan fingerprint density at radius 1 is 1.29 bits per heavy atom. The van der Waals surface area contributed by atoms with Crippen molar-refractivity contribution in [3.8, 4) is 0 Å². The largest absolute Gasteiger partial charge is 0.384 e. The number of nitrogens with one attached hydrogen (secondary N) is 2. The predicted octanol–water partition coefficient (Wildman–Crippen LogP) is 0.532. The van der Waals surface area contributed by atoms with Gasteiger partial charge in [-0.3, -0.25) is 19.7 Å². The monoisotopic (exact) mass is 287 g/mol. The van der Waals surface area contributed by atoms with E-state index in [1.54, 1.807) is 19.9 Å². The van der Waals surface area contributed by atoms with Crippen LogP contribution < -0.4 is 10.6 Å². The van der Waals surface area contributed by atoms with Crippen LogP contribution in [0.15, 0.2) is 18.2 Å². The Bertz CT molecular complexity index is 652. The summed E-state index contributed by atoms with van der Waals surface area (Å²) in [6.07, 6.45) is 0.874. The molecule has 3 rings (SSSR count). The molecule has 0 bridgehead atoms. The van der Waals surface area contributed by atoms with Gasteiger partial charge < -0.3 is 10.2 Å². The second kappa shape index (κ2) is 4.58. The Morgan fingerprint density at radius 2 is 2.05 bits per heavy atom. The summed E-state index contributed by atoms with van der Waals surface area (Å²) in [5.74, 6) is -1.19. The van der Waals surface area contributed by atoms with Crippen molar-refractivity contribution in [2.75, 3.05) is 18.4 Å². The van der Waals surface area contributed by atoms with Gasteiger partial charge in [-0.05, 0) is 44.0 Å². The third-order valence-corrected chi connectivity index (χ3v) is 4.09. The van der Waals surface area contributed by atoms with Crippen LogP contribution in [0.2, 0.25) is 0 Å². The number of amides is 3. The van der Waals surface area contributed by atoms with E-state index in [4.69, 9.17) is 0 Å². The summed E-state index contributed by atoms with van der Waals surface area (Å²) in [5, 5.41) is 5.50. The second-order valence-electron chi connectivity index (χ2n) is 5.88. The van der Waals surface area contributed by atoms with Gasteiger partial charge in [-0.15, -0.1) is 0 Å². The summed E-state index contributed by atoms with van der Waals surface area (Å²) in [7, 11) is 0. The molecule has 0 atom stereocenters. The smallest absolute Gasteiger partial charge is 0.255 e. The molecule has 0 radical (unpaired) electrons. The highest BCUT2D eigenvalue weighted by Crippen LogP contribution is 2.26. The van der Waals surface area contributed by atoms with Crippen molar-refractivity contribution in [2.45, 2.75) is 25.8 Å². The van der Waals surface area contributed by atoms with Crippen LogP contribution >= 0.6 is 0 Å². The summed E-state index contributed by atoms with van der Waals surface area (Å²) in [6.45, 7) is 4.04. The normalized spacial score (nSPS) is 19.8. The first-order valence-electron chi connectivity index (χ1n) is 6.92. The van der Waals surface area contributed by atoms with Crippen LogP contribution in [0.3, 0.4) is 0 Å². The third kappa shape index (κ3) is 2.16. The van der Waals surface area contributed by atoms with E-state index >= 15 is 0 Å². The summed E-state index contributed by atoms with van der Waals surface area (Å²) in [6, 6.07) is 5.44. The number of carbonyl (C=O) groups is 3. The molecule has 0 aromatic heterocycles. The molecule has 1 aromatic rings. The Balaban J connectivity index is 1.93. The summed E-state index contributed by atoms with van der Waals surface area (Å²) >= 11 is 0. The molecular formula is C15H17N3O3. The molecule has 3 amide bonds. The molecule has 1 saturated heterocycles. The number of anilines is 1. The van der Waals surface area contributed by atoms with Crippen molar-refractivity contribution in [3.63, 3.8) is 0 Å². The minimum atomic E-state index is -1.04. The molecule has 6 heteroatoms. The number of hydrogen-bond donors (Lipinski definition) is 2. The molecule has 1 fully saturated rings. The van der Waals surface area contributed by atoms with Crippen molar-refractivity contribution in [1.82, 2.24) is 10.2 Å². The molecular weight excluding hydrogens is 270 g/mol. The van der Waals surface area contributed by atoms with Crippen molar-refractivity contribution in [1.29, 1.82) is 0 Å². The summed E-state index contributed by atoms with van der Waals surface area (Å²) < 4.78 is 0. The highest BCUT2D eigenvalue weighted by Gasteiger charge is 2.43. The molecule has 21 heavy (non-hydrogen) atoms. The number of nitrogens with zero attached hydrogens (tertiary/aromatic N) is 1. The number of fused-ring (bicyclic) bond motifs is 1. The van der Waals surface area contributed by atoms with Crippen LogP contribution in [0.1, 0.15) is 29.8 Å². The predicted molar refractivity (Wildman–Crippen MR) is 76.9 cm³/mol. The van der Waals surface area contributed by atoms with E-state index in [0.29, 0.717) is 5.56 Å². The lowest BCUT2D eigenvalue weighted by atomic mass is 9.97. The molecule has 0 saturated carbocycles. The maximum absolute atomic E-state index is 12.7. The second-order valence-corrected chi connectivity index (χ2v) is 5.88. The number of carbonyl (C=O) groups excluding carboxylic acids is 3. The Labute approximate surface area is 122 Å². The quantitative estimate of drug-likeness (QED) is 0.739. The minimum absolute atomic E-state index is 0.104. The Morgan fingerprint density at radius 3 is 2.81 bits per heavy atom. The van der Waals surface area contributed by atoms with Crippen molar-refractivity contribution < 1.29 is 14.4 Å². The van der Waals surface area contributed by atoms with E-state index in [-0.39, 0.29) is 12.5 Å². The SMILES string of the molecule is CC1(C)C(=O)NC(=O)CN1C(=O)c1ccc2c(c1)CCN2. The van der Waals surface area contributed by atoms with E-state index in [1.165, 1.54) is 4.90 Å². The molecule has 1 aromatic carbocycles. The molecule has 0 unspecified atom stereocenters. The third-order valence-electron chi connectivity index (χ3n) is 4.09. The van der Waals surface area contributed by atoms with Gasteiger partial charge >= 0.3 is 0 Å². The van der Waals surface area contributed by atoms with E-state index in [1.807, 2.05) is 12.1 Å². The summed E-state index contributed by atoms with van der Waals surface area (Å²) in [4.78, 5) is 37.5. The van der Waals surface area contributed by atoms with E-state index in [2.05, 4.69) is 10.6 Å². The van der Waals surface area contributed by atoms with Gasteiger partial charge in [0.1, 0.15) is 12.1 Å². The number of benzene rings is 1. The van der Waals surface area contributed by atoms with Gasteiger partial charge in [0.05, 0.1) is 0 Å². The van der Waals surface area contributed by atoms with Gasteiger partial charge in [-0.2, -0.15) is 0 Å².